The molecule has 0 aliphatic rings. The average molecular weight is 239 g/mol. The quantitative estimate of drug-likeness (QED) is 0.829. The Morgan fingerprint density at radius 1 is 1.47 bits per heavy atom. The maximum atomic E-state index is 13.0. The van der Waals surface area contributed by atoms with E-state index < -0.39 is 5.97 Å². The van der Waals surface area contributed by atoms with Crippen LogP contribution in [0.15, 0.2) is 24.3 Å². The first kappa shape index (κ1) is 13.6. The molecule has 1 N–H and O–H groups in total. The molecule has 1 aromatic rings. The van der Waals surface area contributed by atoms with E-state index in [1.807, 2.05) is 24.8 Å². The lowest BCUT2D eigenvalue weighted by Crippen LogP contribution is -2.32. The van der Waals surface area contributed by atoms with Crippen LogP contribution in [0.25, 0.3) is 0 Å². The highest BCUT2D eigenvalue weighted by molar-refractivity contribution is 5.66. The molecule has 0 spiro atoms. The van der Waals surface area contributed by atoms with Crippen molar-refractivity contribution in [2.24, 2.45) is 0 Å². The van der Waals surface area contributed by atoms with E-state index in [9.17, 15) is 9.18 Å². The van der Waals surface area contributed by atoms with Gasteiger partial charge in [0, 0.05) is 19.1 Å². The van der Waals surface area contributed by atoms with Gasteiger partial charge in [0.1, 0.15) is 5.82 Å². The van der Waals surface area contributed by atoms with Gasteiger partial charge >= 0.3 is 5.97 Å². The molecule has 0 radical (unpaired) electrons. The second-order valence-electron chi connectivity index (χ2n) is 4.34. The Labute approximate surface area is 101 Å². The van der Waals surface area contributed by atoms with Gasteiger partial charge < -0.3 is 5.11 Å². The zero-order chi connectivity index (χ0) is 12.8. The van der Waals surface area contributed by atoms with Gasteiger partial charge in [-0.2, -0.15) is 0 Å². The molecule has 0 bridgehead atoms. The molecule has 17 heavy (non-hydrogen) atoms. The van der Waals surface area contributed by atoms with Crippen molar-refractivity contribution in [3.05, 3.63) is 35.6 Å². The predicted octanol–water partition coefficient (Wildman–Crippen LogP) is 2.51. The summed E-state index contributed by atoms with van der Waals surface area (Å²) in [5, 5.41) is 8.67. The molecular formula is C13H18FNO2. The van der Waals surface area contributed by atoms with Crippen LogP contribution in [0.1, 0.15) is 25.8 Å². The minimum Gasteiger partial charge on any atom is -0.481 e. The number of hydrogen-bond acceptors (Lipinski definition) is 2. The second-order valence-corrected chi connectivity index (χ2v) is 4.34. The minimum absolute atomic E-state index is 0.105. The first-order valence-electron chi connectivity index (χ1n) is 5.69. The molecule has 0 aliphatic heterocycles. The molecule has 1 rings (SSSR count). The van der Waals surface area contributed by atoms with Crippen LogP contribution < -0.4 is 0 Å². The molecule has 0 atom stereocenters. The lowest BCUT2D eigenvalue weighted by molar-refractivity contribution is -0.137. The standard InChI is InChI=1S/C13H18FNO2/c1-10(2)15(7-6-13(16)17)9-11-4-3-5-12(14)8-11/h3-5,8,10H,6-7,9H2,1-2H3,(H,16,17). The molecule has 3 nitrogen and oxygen atoms in total. The summed E-state index contributed by atoms with van der Waals surface area (Å²) in [7, 11) is 0. The maximum absolute atomic E-state index is 13.0. The zero-order valence-electron chi connectivity index (χ0n) is 10.2. The lowest BCUT2D eigenvalue weighted by Gasteiger charge is -2.25. The fraction of sp³-hybridized carbons (Fsp3) is 0.462. The van der Waals surface area contributed by atoms with E-state index in [2.05, 4.69) is 0 Å². The molecule has 0 saturated heterocycles. The van der Waals surface area contributed by atoms with Crippen LogP contribution in [0.2, 0.25) is 0 Å². The molecule has 0 saturated carbocycles. The molecule has 0 fully saturated rings. The van der Waals surface area contributed by atoms with Crippen molar-refractivity contribution < 1.29 is 14.3 Å². The number of nitrogens with zero attached hydrogens (tertiary/aromatic N) is 1. The number of rotatable bonds is 6. The number of halogens is 1. The summed E-state index contributed by atoms with van der Waals surface area (Å²) >= 11 is 0. The van der Waals surface area contributed by atoms with Gasteiger partial charge in [0.15, 0.2) is 0 Å². The van der Waals surface area contributed by atoms with Crippen LogP contribution in [0.5, 0.6) is 0 Å². The van der Waals surface area contributed by atoms with E-state index in [1.165, 1.54) is 12.1 Å². The van der Waals surface area contributed by atoms with E-state index >= 15 is 0 Å². The largest absolute Gasteiger partial charge is 0.481 e. The van der Waals surface area contributed by atoms with Crippen molar-refractivity contribution in [3.8, 4) is 0 Å². The topological polar surface area (TPSA) is 40.5 Å². The van der Waals surface area contributed by atoms with E-state index in [0.717, 1.165) is 5.56 Å². The zero-order valence-corrected chi connectivity index (χ0v) is 10.2. The first-order chi connectivity index (χ1) is 7.99. The third-order valence-electron chi connectivity index (χ3n) is 2.62. The van der Waals surface area contributed by atoms with Crippen molar-refractivity contribution in [1.29, 1.82) is 0 Å². The van der Waals surface area contributed by atoms with Gasteiger partial charge in [-0.25, -0.2) is 4.39 Å². The van der Waals surface area contributed by atoms with E-state index in [1.54, 1.807) is 6.07 Å². The van der Waals surface area contributed by atoms with Crippen LogP contribution in [-0.2, 0) is 11.3 Å². The second kappa shape index (κ2) is 6.35. The van der Waals surface area contributed by atoms with Crippen LogP contribution >= 0.6 is 0 Å². The summed E-state index contributed by atoms with van der Waals surface area (Å²) in [6.45, 7) is 5.05. The summed E-state index contributed by atoms with van der Waals surface area (Å²) in [6, 6.07) is 6.63. The Bertz CT molecular complexity index is 379. The van der Waals surface area contributed by atoms with Crippen LogP contribution in [0, 0.1) is 5.82 Å². The Hall–Kier alpha value is -1.42. The molecule has 94 valence electrons. The molecule has 0 aliphatic carbocycles. The van der Waals surface area contributed by atoms with Crippen LogP contribution in [0.4, 0.5) is 4.39 Å². The smallest absolute Gasteiger partial charge is 0.304 e. The Morgan fingerprint density at radius 2 is 2.18 bits per heavy atom. The lowest BCUT2D eigenvalue weighted by atomic mass is 10.1. The maximum Gasteiger partial charge on any atom is 0.304 e. The Balaban J connectivity index is 2.63. The number of hydrogen-bond donors (Lipinski definition) is 1. The summed E-state index contributed by atoms with van der Waals surface area (Å²) in [4.78, 5) is 12.6. The van der Waals surface area contributed by atoms with Crippen molar-refractivity contribution in [1.82, 2.24) is 4.90 Å². The summed E-state index contributed by atoms with van der Waals surface area (Å²) in [6.07, 6.45) is 0.105. The fourth-order valence-corrected chi connectivity index (χ4v) is 1.63. The van der Waals surface area contributed by atoms with Gasteiger partial charge in [-0.15, -0.1) is 0 Å². The number of carboxylic acids is 1. The molecule has 0 aromatic heterocycles. The van der Waals surface area contributed by atoms with Crippen molar-refractivity contribution in [2.75, 3.05) is 6.54 Å². The molecule has 0 unspecified atom stereocenters. The van der Waals surface area contributed by atoms with Gasteiger partial charge in [0.25, 0.3) is 0 Å². The van der Waals surface area contributed by atoms with Crippen LogP contribution in [0.3, 0.4) is 0 Å². The van der Waals surface area contributed by atoms with Crippen molar-refractivity contribution >= 4 is 5.97 Å². The van der Waals surface area contributed by atoms with E-state index in [4.69, 9.17) is 5.11 Å². The highest BCUT2D eigenvalue weighted by Gasteiger charge is 2.12. The fourth-order valence-electron chi connectivity index (χ4n) is 1.63. The van der Waals surface area contributed by atoms with Gasteiger partial charge in [0.05, 0.1) is 6.42 Å². The van der Waals surface area contributed by atoms with Crippen LogP contribution in [-0.4, -0.2) is 28.6 Å². The highest BCUT2D eigenvalue weighted by Crippen LogP contribution is 2.10. The summed E-state index contributed by atoms with van der Waals surface area (Å²) in [5.74, 6) is -1.07. The third kappa shape index (κ3) is 4.95. The van der Waals surface area contributed by atoms with Gasteiger partial charge in [0.2, 0.25) is 0 Å². The molecular weight excluding hydrogens is 221 g/mol. The monoisotopic (exact) mass is 239 g/mol. The molecule has 0 heterocycles. The van der Waals surface area contributed by atoms with Crippen molar-refractivity contribution in [2.45, 2.75) is 32.9 Å². The van der Waals surface area contributed by atoms with E-state index in [-0.39, 0.29) is 18.3 Å². The number of carboxylic acid groups (broad SMARTS) is 1. The average Bonchev–Trinajstić information content (AvgIpc) is 2.23. The Kier molecular flexibility index (Phi) is 5.10. The number of carbonyl (C=O) groups is 1. The Morgan fingerprint density at radius 3 is 2.71 bits per heavy atom. The highest BCUT2D eigenvalue weighted by atomic mass is 19.1. The third-order valence-corrected chi connectivity index (χ3v) is 2.62. The van der Waals surface area contributed by atoms with Gasteiger partial charge in [-0.05, 0) is 31.5 Å². The van der Waals surface area contributed by atoms with Gasteiger partial charge in [-0.3, -0.25) is 9.69 Å². The van der Waals surface area contributed by atoms with Gasteiger partial charge in [-0.1, -0.05) is 12.1 Å². The predicted molar refractivity (Wildman–Crippen MR) is 64.2 cm³/mol. The summed E-state index contributed by atoms with van der Waals surface area (Å²) < 4.78 is 13.0. The summed E-state index contributed by atoms with van der Waals surface area (Å²) in [5.41, 5.74) is 0.865. The number of aliphatic carboxylic acids is 1. The van der Waals surface area contributed by atoms with E-state index in [0.29, 0.717) is 13.1 Å². The minimum atomic E-state index is -0.810. The van der Waals surface area contributed by atoms with Crippen molar-refractivity contribution in [3.63, 3.8) is 0 Å². The molecule has 0 amide bonds. The normalized spacial score (nSPS) is 11.1. The first-order valence-corrected chi connectivity index (χ1v) is 5.69. The number of benzene rings is 1. The molecule has 4 heteroatoms. The molecule has 1 aromatic carbocycles. The SMILES string of the molecule is CC(C)N(CCC(=O)O)Cc1cccc(F)c1.